The van der Waals surface area contributed by atoms with E-state index in [1.807, 2.05) is 30.6 Å². The van der Waals surface area contributed by atoms with Crippen LogP contribution in [0.25, 0.3) is 11.0 Å². The molecule has 3 aromatic rings. The highest BCUT2D eigenvalue weighted by atomic mass is 32.1. The van der Waals surface area contributed by atoms with Crippen LogP contribution in [0.15, 0.2) is 28.5 Å². The second-order valence-corrected chi connectivity index (χ2v) is 5.79. The van der Waals surface area contributed by atoms with Crippen molar-refractivity contribution in [3.8, 4) is 0 Å². The lowest BCUT2D eigenvalue weighted by Gasteiger charge is -2.13. The number of fused-ring (bicyclic) bond motifs is 1. The first-order valence-corrected chi connectivity index (χ1v) is 7.36. The first kappa shape index (κ1) is 13.1. The van der Waals surface area contributed by atoms with Crippen molar-refractivity contribution in [2.45, 2.75) is 26.4 Å². The fourth-order valence-electron chi connectivity index (χ4n) is 2.18. The van der Waals surface area contributed by atoms with Crippen molar-refractivity contribution in [2.75, 3.05) is 0 Å². The molecule has 2 heterocycles. The maximum atomic E-state index is 11.3. The molecule has 1 atom stereocenters. The Kier molecular flexibility index (Phi) is 3.42. The van der Waals surface area contributed by atoms with Crippen LogP contribution in [0.1, 0.15) is 29.1 Å². The Balaban J connectivity index is 1.76. The molecule has 0 fully saturated rings. The first-order chi connectivity index (χ1) is 9.63. The average Bonchev–Trinajstić information content (AvgIpc) is 2.99. The SMILES string of the molecule is Cc1ncsc1CNC(C)c1ccc2[nH]c(=O)[nH]c2c1. The van der Waals surface area contributed by atoms with Gasteiger partial charge in [-0.2, -0.15) is 0 Å². The summed E-state index contributed by atoms with van der Waals surface area (Å²) in [6.07, 6.45) is 0. The monoisotopic (exact) mass is 288 g/mol. The van der Waals surface area contributed by atoms with E-state index in [2.05, 4.69) is 27.2 Å². The van der Waals surface area contributed by atoms with Crippen molar-refractivity contribution in [1.29, 1.82) is 0 Å². The Labute approximate surface area is 120 Å². The van der Waals surface area contributed by atoms with Gasteiger partial charge in [-0.05, 0) is 31.5 Å². The summed E-state index contributed by atoms with van der Waals surface area (Å²) < 4.78 is 0. The van der Waals surface area contributed by atoms with Crippen molar-refractivity contribution in [3.05, 3.63) is 50.3 Å². The molecule has 0 saturated heterocycles. The lowest BCUT2D eigenvalue weighted by molar-refractivity contribution is 0.577. The molecule has 1 aromatic carbocycles. The predicted octanol–water partition coefficient (Wildman–Crippen LogP) is 2.47. The molecule has 0 radical (unpaired) electrons. The minimum atomic E-state index is -0.168. The number of thiazole rings is 1. The highest BCUT2D eigenvalue weighted by molar-refractivity contribution is 7.09. The molecule has 0 amide bonds. The molecular weight excluding hydrogens is 272 g/mol. The topological polar surface area (TPSA) is 73.6 Å². The van der Waals surface area contributed by atoms with Crippen LogP contribution in [-0.4, -0.2) is 15.0 Å². The van der Waals surface area contributed by atoms with Gasteiger partial charge < -0.3 is 15.3 Å². The number of nitrogens with one attached hydrogen (secondary N) is 3. The third-order valence-electron chi connectivity index (χ3n) is 3.45. The van der Waals surface area contributed by atoms with Gasteiger partial charge in [0.15, 0.2) is 0 Å². The molecule has 20 heavy (non-hydrogen) atoms. The summed E-state index contributed by atoms with van der Waals surface area (Å²) in [5, 5.41) is 3.48. The van der Waals surface area contributed by atoms with Gasteiger partial charge in [0.1, 0.15) is 0 Å². The third kappa shape index (κ3) is 2.52. The number of aryl methyl sites for hydroxylation is 1. The number of aromatic nitrogens is 3. The van der Waals surface area contributed by atoms with Gasteiger partial charge in [0.25, 0.3) is 0 Å². The summed E-state index contributed by atoms with van der Waals surface area (Å²) >= 11 is 1.67. The van der Waals surface area contributed by atoms with Gasteiger partial charge in [-0.15, -0.1) is 11.3 Å². The highest BCUT2D eigenvalue weighted by Gasteiger charge is 2.08. The molecule has 2 aromatic heterocycles. The number of rotatable bonds is 4. The molecule has 0 aliphatic rings. The third-order valence-corrected chi connectivity index (χ3v) is 4.39. The maximum Gasteiger partial charge on any atom is 0.323 e. The average molecular weight is 288 g/mol. The van der Waals surface area contributed by atoms with Gasteiger partial charge in [-0.25, -0.2) is 9.78 Å². The highest BCUT2D eigenvalue weighted by Crippen LogP contribution is 2.19. The minimum absolute atomic E-state index is 0.168. The number of hydrogen-bond donors (Lipinski definition) is 3. The Morgan fingerprint density at radius 2 is 2.15 bits per heavy atom. The molecule has 104 valence electrons. The lowest BCUT2D eigenvalue weighted by atomic mass is 10.1. The van der Waals surface area contributed by atoms with E-state index in [1.54, 1.807) is 11.3 Å². The largest absolute Gasteiger partial charge is 0.323 e. The van der Waals surface area contributed by atoms with Crippen LogP contribution in [0.3, 0.4) is 0 Å². The fraction of sp³-hybridized carbons (Fsp3) is 0.286. The molecule has 5 nitrogen and oxygen atoms in total. The molecule has 6 heteroatoms. The normalized spacial score (nSPS) is 12.9. The Bertz CT molecular complexity index is 786. The van der Waals surface area contributed by atoms with E-state index in [0.717, 1.165) is 28.8 Å². The summed E-state index contributed by atoms with van der Waals surface area (Å²) in [5.74, 6) is 0. The zero-order valence-corrected chi connectivity index (χ0v) is 12.2. The minimum Gasteiger partial charge on any atom is -0.306 e. The molecule has 1 unspecified atom stereocenters. The van der Waals surface area contributed by atoms with Crippen molar-refractivity contribution in [3.63, 3.8) is 0 Å². The summed E-state index contributed by atoms with van der Waals surface area (Å²) in [7, 11) is 0. The van der Waals surface area contributed by atoms with Crippen LogP contribution in [0, 0.1) is 6.92 Å². The van der Waals surface area contributed by atoms with E-state index in [-0.39, 0.29) is 11.7 Å². The lowest BCUT2D eigenvalue weighted by Crippen LogP contribution is -2.17. The van der Waals surface area contributed by atoms with Crippen LogP contribution in [0.5, 0.6) is 0 Å². The van der Waals surface area contributed by atoms with Gasteiger partial charge in [-0.1, -0.05) is 6.07 Å². The van der Waals surface area contributed by atoms with Crippen molar-refractivity contribution >= 4 is 22.4 Å². The number of aromatic amines is 2. The molecule has 3 N–H and O–H groups in total. The summed E-state index contributed by atoms with van der Waals surface area (Å²) in [5.41, 5.74) is 5.61. The van der Waals surface area contributed by atoms with Gasteiger partial charge >= 0.3 is 5.69 Å². The van der Waals surface area contributed by atoms with E-state index in [0.29, 0.717) is 0 Å². The molecule has 3 rings (SSSR count). The van der Waals surface area contributed by atoms with Gasteiger partial charge in [-0.3, -0.25) is 0 Å². The van der Waals surface area contributed by atoms with Crippen LogP contribution in [-0.2, 0) is 6.54 Å². The Morgan fingerprint density at radius 3 is 2.90 bits per heavy atom. The Hall–Kier alpha value is -1.92. The van der Waals surface area contributed by atoms with Crippen LogP contribution >= 0.6 is 11.3 Å². The zero-order valence-electron chi connectivity index (χ0n) is 11.4. The summed E-state index contributed by atoms with van der Waals surface area (Å²) in [4.78, 5) is 22.3. The maximum absolute atomic E-state index is 11.3. The van der Waals surface area contributed by atoms with Gasteiger partial charge in [0, 0.05) is 17.5 Å². The first-order valence-electron chi connectivity index (χ1n) is 6.48. The molecule has 0 spiro atoms. The number of H-pyrrole nitrogens is 2. The molecule has 0 bridgehead atoms. The van der Waals surface area contributed by atoms with Crippen molar-refractivity contribution < 1.29 is 0 Å². The number of hydrogen-bond acceptors (Lipinski definition) is 4. The Morgan fingerprint density at radius 1 is 1.35 bits per heavy atom. The summed E-state index contributed by atoms with van der Waals surface area (Å²) in [6, 6.07) is 6.17. The molecule has 0 aliphatic heterocycles. The van der Waals surface area contributed by atoms with Crippen LogP contribution in [0.2, 0.25) is 0 Å². The number of nitrogens with zero attached hydrogens (tertiary/aromatic N) is 1. The number of imidazole rings is 1. The van der Waals surface area contributed by atoms with E-state index < -0.39 is 0 Å². The quantitative estimate of drug-likeness (QED) is 0.690. The van der Waals surface area contributed by atoms with E-state index in [4.69, 9.17) is 0 Å². The van der Waals surface area contributed by atoms with E-state index >= 15 is 0 Å². The van der Waals surface area contributed by atoms with Crippen molar-refractivity contribution in [1.82, 2.24) is 20.3 Å². The second-order valence-electron chi connectivity index (χ2n) is 4.85. The predicted molar refractivity (Wildman–Crippen MR) is 81.0 cm³/mol. The standard InChI is InChI=1S/C14H16N4OS/c1-8(15-6-13-9(2)16-7-20-13)10-3-4-11-12(5-10)18-14(19)17-11/h3-5,7-8,15H,6H2,1-2H3,(H2,17,18,19). The van der Waals surface area contributed by atoms with Gasteiger partial charge in [0.05, 0.1) is 22.2 Å². The van der Waals surface area contributed by atoms with E-state index in [9.17, 15) is 4.79 Å². The number of benzene rings is 1. The smallest absolute Gasteiger partial charge is 0.306 e. The van der Waals surface area contributed by atoms with Crippen LogP contribution in [0.4, 0.5) is 0 Å². The molecule has 0 aliphatic carbocycles. The second kappa shape index (κ2) is 5.22. The summed E-state index contributed by atoms with van der Waals surface area (Å²) in [6.45, 7) is 4.94. The van der Waals surface area contributed by atoms with Gasteiger partial charge in [0.2, 0.25) is 0 Å². The van der Waals surface area contributed by atoms with Crippen LogP contribution < -0.4 is 11.0 Å². The molecular formula is C14H16N4OS. The zero-order chi connectivity index (χ0) is 14.1. The fourth-order valence-corrected chi connectivity index (χ4v) is 2.91. The van der Waals surface area contributed by atoms with E-state index in [1.165, 1.54) is 4.88 Å². The molecule has 0 saturated carbocycles. The van der Waals surface area contributed by atoms with Crippen molar-refractivity contribution in [2.24, 2.45) is 0 Å².